The molecule has 1 heterocycles. The molecule has 1 aromatic carbocycles. The van der Waals surface area contributed by atoms with Gasteiger partial charge in [0, 0.05) is 0 Å². The van der Waals surface area contributed by atoms with Crippen LogP contribution in [-0.2, 0) is 4.79 Å². The lowest BCUT2D eigenvalue weighted by atomic mass is 10.0. The number of fused-ring (bicyclic) bond motifs is 1. The SMILES string of the molecule is Cc1cc(C)c2c(c1)C(=O)C(=O)O2. The van der Waals surface area contributed by atoms with E-state index >= 15 is 0 Å². The average Bonchev–Trinajstić information content (AvgIpc) is 2.32. The quantitative estimate of drug-likeness (QED) is 0.341. The van der Waals surface area contributed by atoms with Gasteiger partial charge >= 0.3 is 5.97 Å². The van der Waals surface area contributed by atoms with Gasteiger partial charge in [0.05, 0.1) is 5.56 Å². The summed E-state index contributed by atoms with van der Waals surface area (Å²) in [5.74, 6) is -0.897. The first-order valence-electron chi connectivity index (χ1n) is 3.97. The molecular weight excluding hydrogens is 168 g/mol. The Balaban J connectivity index is 2.70. The Morgan fingerprint density at radius 3 is 2.54 bits per heavy atom. The summed E-state index contributed by atoms with van der Waals surface area (Å²) in [6.45, 7) is 3.70. The molecule has 0 saturated heterocycles. The molecule has 0 unspecified atom stereocenters. The summed E-state index contributed by atoms with van der Waals surface area (Å²) in [7, 11) is 0. The van der Waals surface area contributed by atoms with E-state index in [9.17, 15) is 9.59 Å². The van der Waals surface area contributed by atoms with E-state index in [0.717, 1.165) is 11.1 Å². The molecule has 0 saturated carbocycles. The second kappa shape index (κ2) is 2.42. The van der Waals surface area contributed by atoms with Gasteiger partial charge in [0.15, 0.2) is 0 Å². The topological polar surface area (TPSA) is 43.4 Å². The molecule has 1 aromatic rings. The van der Waals surface area contributed by atoms with Gasteiger partial charge in [-0.1, -0.05) is 6.07 Å². The van der Waals surface area contributed by atoms with Gasteiger partial charge in [-0.2, -0.15) is 0 Å². The van der Waals surface area contributed by atoms with Crippen molar-refractivity contribution in [3.8, 4) is 5.75 Å². The summed E-state index contributed by atoms with van der Waals surface area (Å²) in [5.41, 5.74) is 2.18. The third-order valence-corrected chi connectivity index (χ3v) is 2.04. The van der Waals surface area contributed by atoms with Crippen molar-refractivity contribution in [1.29, 1.82) is 0 Å². The highest BCUT2D eigenvalue weighted by molar-refractivity contribution is 6.44. The third-order valence-electron chi connectivity index (χ3n) is 2.04. The van der Waals surface area contributed by atoms with Crippen molar-refractivity contribution in [3.05, 3.63) is 28.8 Å². The Morgan fingerprint density at radius 1 is 1.15 bits per heavy atom. The van der Waals surface area contributed by atoms with Gasteiger partial charge in [-0.25, -0.2) is 4.79 Å². The fourth-order valence-electron chi connectivity index (χ4n) is 1.51. The number of aryl methyl sites for hydroxylation is 2. The van der Waals surface area contributed by atoms with E-state index in [1.807, 2.05) is 19.9 Å². The van der Waals surface area contributed by atoms with Crippen LogP contribution in [0.5, 0.6) is 5.75 Å². The molecule has 66 valence electrons. The number of hydrogen-bond donors (Lipinski definition) is 0. The molecule has 0 atom stereocenters. The highest BCUT2D eigenvalue weighted by Crippen LogP contribution is 2.30. The molecule has 1 aliphatic heterocycles. The predicted octanol–water partition coefficient (Wildman–Crippen LogP) is 1.41. The average molecular weight is 176 g/mol. The molecule has 13 heavy (non-hydrogen) atoms. The van der Waals surface area contributed by atoms with Crippen molar-refractivity contribution in [2.24, 2.45) is 0 Å². The number of hydrogen-bond acceptors (Lipinski definition) is 3. The summed E-state index contributed by atoms with van der Waals surface area (Å²) < 4.78 is 4.82. The number of ketones is 1. The zero-order valence-electron chi connectivity index (χ0n) is 7.38. The first-order valence-corrected chi connectivity index (χ1v) is 3.97. The van der Waals surface area contributed by atoms with Crippen molar-refractivity contribution in [2.45, 2.75) is 13.8 Å². The van der Waals surface area contributed by atoms with Gasteiger partial charge in [0.2, 0.25) is 0 Å². The van der Waals surface area contributed by atoms with E-state index in [0.29, 0.717) is 11.3 Å². The first-order chi connectivity index (χ1) is 6.09. The van der Waals surface area contributed by atoms with E-state index < -0.39 is 11.8 Å². The van der Waals surface area contributed by atoms with Crippen LogP contribution in [0.25, 0.3) is 0 Å². The number of benzene rings is 1. The summed E-state index contributed by atoms with van der Waals surface area (Å²) in [6.07, 6.45) is 0. The Kier molecular flexibility index (Phi) is 1.49. The number of rotatable bonds is 0. The Morgan fingerprint density at radius 2 is 1.85 bits per heavy atom. The molecule has 3 nitrogen and oxygen atoms in total. The van der Waals surface area contributed by atoms with Crippen LogP contribution in [0.3, 0.4) is 0 Å². The fraction of sp³-hybridized carbons (Fsp3) is 0.200. The molecule has 0 bridgehead atoms. The lowest BCUT2D eigenvalue weighted by Gasteiger charge is -2.01. The maximum absolute atomic E-state index is 11.2. The van der Waals surface area contributed by atoms with Crippen molar-refractivity contribution in [3.63, 3.8) is 0 Å². The molecule has 0 amide bonds. The van der Waals surface area contributed by atoms with E-state index in [4.69, 9.17) is 4.74 Å². The monoisotopic (exact) mass is 176 g/mol. The van der Waals surface area contributed by atoms with E-state index in [1.165, 1.54) is 0 Å². The first kappa shape index (κ1) is 7.98. The van der Waals surface area contributed by atoms with Gasteiger partial charge in [-0.15, -0.1) is 0 Å². The van der Waals surface area contributed by atoms with Gasteiger partial charge in [-0.05, 0) is 31.0 Å². The van der Waals surface area contributed by atoms with Crippen molar-refractivity contribution < 1.29 is 14.3 Å². The van der Waals surface area contributed by atoms with Gasteiger partial charge in [0.1, 0.15) is 5.75 Å². The van der Waals surface area contributed by atoms with E-state index in [1.54, 1.807) is 6.07 Å². The molecule has 2 rings (SSSR count). The molecular formula is C10H8O3. The maximum atomic E-state index is 11.2. The largest absolute Gasteiger partial charge is 0.419 e. The summed E-state index contributed by atoms with van der Waals surface area (Å²) >= 11 is 0. The fourth-order valence-corrected chi connectivity index (χ4v) is 1.51. The second-order valence-electron chi connectivity index (χ2n) is 3.18. The van der Waals surface area contributed by atoms with Crippen LogP contribution >= 0.6 is 0 Å². The minimum Gasteiger partial charge on any atom is -0.419 e. The smallest absolute Gasteiger partial charge is 0.385 e. The zero-order chi connectivity index (χ0) is 9.59. The van der Waals surface area contributed by atoms with Gasteiger partial charge in [-0.3, -0.25) is 4.79 Å². The van der Waals surface area contributed by atoms with Gasteiger partial charge in [0.25, 0.3) is 5.78 Å². The summed E-state index contributed by atoms with van der Waals surface area (Å²) in [4.78, 5) is 22.1. The minimum absolute atomic E-state index is 0.391. The Labute approximate surface area is 75.3 Å². The second-order valence-corrected chi connectivity index (χ2v) is 3.18. The van der Waals surface area contributed by atoms with Crippen LogP contribution in [0.15, 0.2) is 12.1 Å². The summed E-state index contributed by atoms with van der Waals surface area (Å²) in [5, 5.41) is 0. The molecule has 0 aliphatic carbocycles. The highest BCUT2D eigenvalue weighted by Gasteiger charge is 2.32. The molecule has 0 N–H and O–H groups in total. The third kappa shape index (κ3) is 1.04. The van der Waals surface area contributed by atoms with Crippen molar-refractivity contribution >= 4 is 11.8 Å². The van der Waals surface area contributed by atoms with Crippen molar-refractivity contribution in [1.82, 2.24) is 0 Å². The lowest BCUT2D eigenvalue weighted by molar-refractivity contribution is -0.128. The lowest BCUT2D eigenvalue weighted by Crippen LogP contribution is -2.10. The Hall–Kier alpha value is -1.64. The molecule has 0 radical (unpaired) electrons. The number of ether oxygens (including phenoxy) is 1. The molecule has 0 aromatic heterocycles. The molecule has 3 heteroatoms. The molecule has 0 spiro atoms. The normalized spacial score (nSPS) is 14.3. The highest BCUT2D eigenvalue weighted by atomic mass is 16.5. The van der Waals surface area contributed by atoms with Crippen LogP contribution < -0.4 is 4.74 Å². The van der Waals surface area contributed by atoms with Gasteiger partial charge < -0.3 is 4.74 Å². The van der Waals surface area contributed by atoms with Crippen LogP contribution in [0, 0.1) is 13.8 Å². The van der Waals surface area contributed by atoms with Crippen LogP contribution in [-0.4, -0.2) is 11.8 Å². The maximum Gasteiger partial charge on any atom is 0.385 e. The van der Waals surface area contributed by atoms with Crippen LogP contribution in [0.1, 0.15) is 21.5 Å². The van der Waals surface area contributed by atoms with E-state index in [2.05, 4.69) is 0 Å². The number of Topliss-reactive ketones (excluding diaryl/α,β-unsaturated/α-hetero) is 1. The molecule has 0 fully saturated rings. The zero-order valence-corrected chi connectivity index (χ0v) is 7.38. The van der Waals surface area contributed by atoms with Crippen molar-refractivity contribution in [2.75, 3.05) is 0 Å². The standard InChI is InChI=1S/C10H8O3/c1-5-3-6(2)9-7(4-5)8(11)10(12)13-9/h3-4H,1-2H3. The number of carbonyl (C=O) groups excluding carboxylic acids is 2. The number of esters is 1. The predicted molar refractivity (Wildman–Crippen MR) is 45.9 cm³/mol. The Bertz CT molecular complexity index is 418. The summed E-state index contributed by atoms with van der Waals surface area (Å²) in [6, 6.07) is 3.56. The van der Waals surface area contributed by atoms with Crippen LogP contribution in [0.2, 0.25) is 0 Å². The molecule has 1 aliphatic rings. The van der Waals surface area contributed by atoms with Crippen LogP contribution in [0.4, 0.5) is 0 Å². The number of carbonyl (C=O) groups is 2. The van der Waals surface area contributed by atoms with E-state index in [-0.39, 0.29) is 0 Å². The minimum atomic E-state index is -0.774.